The van der Waals surface area contributed by atoms with Crippen LogP contribution in [0.1, 0.15) is 17.3 Å². The van der Waals surface area contributed by atoms with Crippen LogP contribution in [0.15, 0.2) is 18.2 Å². The second-order valence-corrected chi connectivity index (χ2v) is 3.76. The molecule has 1 unspecified atom stereocenters. The molecular formula is C10H9ClFNO3. The van der Waals surface area contributed by atoms with Crippen LogP contribution in [0.5, 0.6) is 0 Å². The van der Waals surface area contributed by atoms with Crippen LogP contribution >= 0.6 is 11.6 Å². The normalized spacial score (nSPS) is 11.9. The highest BCUT2D eigenvalue weighted by Crippen LogP contribution is 2.17. The largest absolute Gasteiger partial charge is 0.478 e. The van der Waals surface area contributed by atoms with E-state index in [1.807, 2.05) is 0 Å². The summed E-state index contributed by atoms with van der Waals surface area (Å²) in [6, 6.07) is 3.12. The monoisotopic (exact) mass is 245 g/mol. The Balaban J connectivity index is 2.99. The molecule has 6 heteroatoms. The summed E-state index contributed by atoms with van der Waals surface area (Å²) in [5.74, 6) is -2.51. The number of alkyl halides is 1. The number of carbonyl (C=O) groups excluding carboxylic acids is 1. The minimum atomic E-state index is -1.20. The van der Waals surface area contributed by atoms with E-state index in [1.165, 1.54) is 6.92 Å². The third-order valence-electron chi connectivity index (χ3n) is 1.83. The fourth-order valence-electron chi connectivity index (χ4n) is 0.986. The summed E-state index contributed by atoms with van der Waals surface area (Å²) in [5, 5.41) is 10.1. The Morgan fingerprint density at radius 3 is 2.62 bits per heavy atom. The number of carbonyl (C=O) groups is 2. The number of aromatic carboxylic acids is 1. The van der Waals surface area contributed by atoms with Crippen LogP contribution in [0.25, 0.3) is 0 Å². The van der Waals surface area contributed by atoms with Crippen LogP contribution in [-0.4, -0.2) is 22.4 Å². The van der Waals surface area contributed by atoms with Crippen molar-refractivity contribution in [2.45, 2.75) is 12.3 Å². The van der Waals surface area contributed by atoms with Crippen LogP contribution in [-0.2, 0) is 4.79 Å². The Morgan fingerprint density at radius 1 is 1.50 bits per heavy atom. The second kappa shape index (κ2) is 4.94. The molecule has 2 N–H and O–H groups in total. The van der Waals surface area contributed by atoms with E-state index in [2.05, 4.69) is 5.32 Å². The second-order valence-electron chi connectivity index (χ2n) is 3.11. The maximum atomic E-state index is 13.2. The first kappa shape index (κ1) is 12.4. The molecule has 0 aliphatic rings. The van der Waals surface area contributed by atoms with E-state index in [1.54, 1.807) is 0 Å². The van der Waals surface area contributed by atoms with Crippen molar-refractivity contribution in [2.75, 3.05) is 5.32 Å². The zero-order valence-electron chi connectivity index (χ0n) is 8.33. The Bertz CT molecular complexity index is 434. The van der Waals surface area contributed by atoms with Gasteiger partial charge < -0.3 is 10.4 Å². The number of amides is 1. The zero-order chi connectivity index (χ0) is 12.3. The van der Waals surface area contributed by atoms with Gasteiger partial charge in [0.05, 0.1) is 11.3 Å². The molecule has 1 aromatic rings. The lowest BCUT2D eigenvalue weighted by Gasteiger charge is -2.08. The molecule has 0 fully saturated rings. The number of halogens is 2. The van der Waals surface area contributed by atoms with Crippen molar-refractivity contribution in [3.8, 4) is 0 Å². The molecule has 0 bridgehead atoms. The predicted molar refractivity (Wildman–Crippen MR) is 57.3 cm³/mol. The van der Waals surface area contributed by atoms with Gasteiger partial charge in [0.15, 0.2) is 0 Å². The van der Waals surface area contributed by atoms with Gasteiger partial charge in [-0.25, -0.2) is 9.18 Å². The minimum absolute atomic E-state index is 0.112. The summed E-state index contributed by atoms with van der Waals surface area (Å²) in [6.45, 7) is 1.43. The van der Waals surface area contributed by atoms with Crippen molar-refractivity contribution in [3.63, 3.8) is 0 Å². The fraction of sp³-hybridized carbons (Fsp3) is 0.200. The van der Waals surface area contributed by atoms with Crippen LogP contribution in [0.3, 0.4) is 0 Å². The van der Waals surface area contributed by atoms with Crippen molar-refractivity contribution in [2.24, 2.45) is 0 Å². The van der Waals surface area contributed by atoms with Gasteiger partial charge >= 0.3 is 5.97 Å². The number of hydrogen-bond acceptors (Lipinski definition) is 2. The maximum Gasteiger partial charge on any atom is 0.335 e. The van der Waals surface area contributed by atoms with Crippen LogP contribution in [0.4, 0.5) is 10.1 Å². The van der Waals surface area contributed by atoms with Crippen molar-refractivity contribution in [1.82, 2.24) is 0 Å². The molecule has 0 saturated carbocycles. The molecule has 1 amide bonds. The molecule has 16 heavy (non-hydrogen) atoms. The van der Waals surface area contributed by atoms with Gasteiger partial charge in [-0.05, 0) is 25.1 Å². The Kier molecular flexibility index (Phi) is 3.84. The molecule has 0 aliphatic heterocycles. The number of hydrogen-bond donors (Lipinski definition) is 2. The fourth-order valence-corrected chi connectivity index (χ4v) is 1.04. The molecule has 0 saturated heterocycles. The quantitative estimate of drug-likeness (QED) is 0.802. The Hall–Kier alpha value is -1.62. The molecule has 1 aromatic carbocycles. The first-order chi connectivity index (χ1) is 7.41. The molecule has 0 spiro atoms. The number of anilines is 1. The van der Waals surface area contributed by atoms with Gasteiger partial charge in [-0.15, -0.1) is 11.6 Å². The van der Waals surface area contributed by atoms with E-state index in [0.29, 0.717) is 0 Å². The first-order valence-corrected chi connectivity index (χ1v) is 4.83. The van der Waals surface area contributed by atoms with Crippen molar-refractivity contribution in [3.05, 3.63) is 29.6 Å². The Morgan fingerprint density at radius 2 is 2.12 bits per heavy atom. The highest BCUT2D eigenvalue weighted by atomic mass is 35.5. The lowest BCUT2D eigenvalue weighted by Crippen LogP contribution is -2.21. The predicted octanol–water partition coefficient (Wildman–Crippen LogP) is 2.09. The number of carboxylic acid groups (broad SMARTS) is 1. The van der Waals surface area contributed by atoms with E-state index < -0.39 is 23.1 Å². The third-order valence-corrected chi connectivity index (χ3v) is 2.03. The standard InChI is InChI=1S/C10H9ClFNO3/c1-5(11)9(14)13-8-4-6(10(15)16)2-3-7(8)12/h2-5H,1H3,(H,13,14)(H,15,16). The zero-order valence-corrected chi connectivity index (χ0v) is 9.08. The number of nitrogens with one attached hydrogen (secondary N) is 1. The molecule has 1 atom stereocenters. The maximum absolute atomic E-state index is 13.2. The lowest BCUT2D eigenvalue weighted by atomic mass is 10.2. The number of rotatable bonds is 3. The van der Waals surface area contributed by atoms with Crippen molar-refractivity contribution >= 4 is 29.2 Å². The van der Waals surface area contributed by atoms with Crippen molar-refractivity contribution in [1.29, 1.82) is 0 Å². The summed E-state index contributed by atoms with van der Waals surface area (Å²) in [6.07, 6.45) is 0. The molecule has 0 radical (unpaired) electrons. The molecule has 0 aromatic heterocycles. The van der Waals surface area contributed by atoms with E-state index >= 15 is 0 Å². The van der Waals surface area contributed by atoms with Crippen LogP contribution < -0.4 is 5.32 Å². The topological polar surface area (TPSA) is 66.4 Å². The van der Waals surface area contributed by atoms with E-state index in [-0.39, 0.29) is 11.3 Å². The van der Waals surface area contributed by atoms with Gasteiger partial charge in [0, 0.05) is 0 Å². The van der Waals surface area contributed by atoms with Crippen LogP contribution in [0.2, 0.25) is 0 Å². The molecule has 4 nitrogen and oxygen atoms in total. The summed E-state index contributed by atoms with van der Waals surface area (Å²) < 4.78 is 13.2. The highest BCUT2D eigenvalue weighted by Gasteiger charge is 2.13. The van der Waals surface area contributed by atoms with Gasteiger partial charge in [-0.3, -0.25) is 4.79 Å². The molecule has 86 valence electrons. The third kappa shape index (κ3) is 2.93. The summed E-state index contributed by atoms with van der Waals surface area (Å²) in [4.78, 5) is 21.8. The van der Waals surface area contributed by atoms with Gasteiger partial charge in [0.1, 0.15) is 11.2 Å². The summed E-state index contributed by atoms with van der Waals surface area (Å²) in [5.41, 5.74) is -0.309. The average molecular weight is 246 g/mol. The number of carboxylic acids is 1. The minimum Gasteiger partial charge on any atom is -0.478 e. The highest BCUT2D eigenvalue weighted by molar-refractivity contribution is 6.32. The summed E-state index contributed by atoms with van der Waals surface area (Å²) in [7, 11) is 0. The Labute approximate surface area is 96.0 Å². The molecule has 0 heterocycles. The van der Waals surface area contributed by atoms with E-state index in [4.69, 9.17) is 16.7 Å². The van der Waals surface area contributed by atoms with Gasteiger partial charge in [0.2, 0.25) is 5.91 Å². The molecule has 0 aliphatic carbocycles. The molecular weight excluding hydrogens is 237 g/mol. The van der Waals surface area contributed by atoms with Crippen LogP contribution in [0, 0.1) is 5.82 Å². The van der Waals surface area contributed by atoms with E-state index in [9.17, 15) is 14.0 Å². The summed E-state index contributed by atoms with van der Waals surface area (Å²) >= 11 is 5.48. The molecule has 1 rings (SSSR count). The lowest BCUT2D eigenvalue weighted by molar-refractivity contribution is -0.115. The van der Waals surface area contributed by atoms with Crippen molar-refractivity contribution < 1.29 is 19.1 Å². The first-order valence-electron chi connectivity index (χ1n) is 4.39. The van der Waals surface area contributed by atoms with E-state index in [0.717, 1.165) is 18.2 Å². The average Bonchev–Trinajstić information content (AvgIpc) is 2.20. The smallest absolute Gasteiger partial charge is 0.335 e. The van der Waals surface area contributed by atoms with Gasteiger partial charge in [-0.2, -0.15) is 0 Å². The van der Waals surface area contributed by atoms with Gasteiger partial charge in [0.25, 0.3) is 0 Å². The SMILES string of the molecule is CC(Cl)C(=O)Nc1cc(C(=O)O)ccc1F. The van der Waals surface area contributed by atoms with Gasteiger partial charge in [-0.1, -0.05) is 0 Å². The number of benzene rings is 1.